The average molecular weight is 291 g/mol. The standard InChI is InChI=1S/C17H29N3O/c1-15(18)8-6-11-17(21)19-12-7-13-20(2)14-16-9-4-3-5-10-16/h3-5,9-10,15H,6-8,11-14,18H2,1-2H3,(H,19,21). The minimum atomic E-state index is 0.140. The summed E-state index contributed by atoms with van der Waals surface area (Å²) >= 11 is 0. The van der Waals surface area contributed by atoms with E-state index in [4.69, 9.17) is 5.73 Å². The van der Waals surface area contributed by atoms with Crippen molar-refractivity contribution in [2.45, 2.75) is 45.2 Å². The van der Waals surface area contributed by atoms with Gasteiger partial charge in [0.25, 0.3) is 0 Å². The molecule has 0 aromatic heterocycles. The maximum atomic E-state index is 11.6. The number of benzene rings is 1. The lowest BCUT2D eigenvalue weighted by Crippen LogP contribution is -2.28. The van der Waals surface area contributed by atoms with Crippen LogP contribution >= 0.6 is 0 Å². The number of rotatable bonds is 10. The van der Waals surface area contributed by atoms with Gasteiger partial charge in [-0.3, -0.25) is 4.79 Å². The van der Waals surface area contributed by atoms with Gasteiger partial charge in [0.15, 0.2) is 0 Å². The van der Waals surface area contributed by atoms with Crippen molar-refractivity contribution in [1.82, 2.24) is 10.2 Å². The van der Waals surface area contributed by atoms with Crippen LogP contribution in [0.2, 0.25) is 0 Å². The highest BCUT2D eigenvalue weighted by Crippen LogP contribution is 2.03. The van der Waals surface area contributed by atoms with Gasteiger partial charge in [0, 0.05) is 25.6 Å². The Bertz CT molecular complexity index is 392. The van der Waals surface area contributed by atoms with Crippen molar-refractivity contribution in [3.8, 4) is 0 Å². The first kappa shape index (κ1) is 17.7. The number of carbonyl (C=O) groups excluding carboxylic acids is 1. The molecule has 0 aliphatic heterocycles. The lowest BCUT2D eigenvalue weighted by Gasteiger charge is -2.16. The van der Waals surface area contributed by atoms with E-state index in [1.165, 1.54) is 5.56 Å². The van der Waals surface area contributed by atoms with E-state index in [0.29, 0.717) is 6.42 Å². The zero-order chi connectivity index (χ0) is 15.5. The number of hydrogen-bond donors (Lipinski definition) is 2. The minimum Gasteiger partial charge on any atom is -0.356 e. The highest BCUT2D eigenvalue weighted by molar-refractivity contribution is 5.75. The smallest absolute Gasteiger partial charge is 0.219 e. The molecule has 1 aromatic carbocycles. The summed E-state index contributed by atoms with van der Waals surface area (Å²) in [5, 5.41) is 2.97. The summed E-state index contributed by atoms with van der Waals surface area (Å²) in [6.45, 7) is 4.65. The normalized spacial score (nSPS) is 12.4. The van der Waals surface area contributed by atoms with E-state index in [9.17, 15) is 4.79 Å². The largest absolute Gasteiger partial charge is 0.356 e. The van der Waals surface area contributed by atoms with Crippen molar-refractivity contribution in [3.05, 3.63) is 35.9 Å². The third-order valence-corrected chi connectivity index (χ3v) is 3.40. The van der Waals surface area contributed by atoms with Crippen LogP contribution in [0.25, 0.3) is 0 Å². The lowest BCUT2D eigenvalue weighted by atomic mass is 10.1. The number of amides is 1. The van der Waals surface area contributed by atoms with Gasteiger partial charge in [-0.25, -0.2) is 0 Å². The molecule has 0 aliphatic carbocycles. The van der Waals surface area contributed by atoms with Crippen LogP contribution in [0, 0.1) is 0 Å². The fourth-order valence-electron chi connectivity index (χ4n) is 2.22. The van der Waals surface area contributed by atoms with E-state index in [-0.39, 0.29) is 11.9 Å². The molecule has 118 valence electrons. The van der Waals surface area contributed by atoms with Crippen LogP contribution in [-0.2, 0) is 11.3 Å². The Morgan fingerprint density at radius 1 is 1.29 bits per heavy atom. The van der Waals surface area contributed by atoms with E-state index in [1.54, 1.807) is 0 Å². The van der Waals surface area contributed by atoms with Gasteiger partial charge in [0.2, 0.25) is 5.91 Å². The molecular formula is C17H29N3O. The zero-order valence-electron chi connectivity index (χ0n) is 13.3. The first-order chi connectivity index (χ1) is 10.1. The first-order valence-electron chi connectivity index (χ1n) is 7.82. The molecule has 1 unspecified atom stereocenters. The van der Waals surface area contributed by atoms with Crippen molar-refractivity contribution < 1.29 is 4.79 Å². The third-order valence-electron chi connectivity index (χ3n) is 3.40. The number of nitrogens with two attached hydrogens (primary N) is 1. The van der Waals surface area contributed by atoms with E-state index >= 15 is 0 Å². The van der Waals surface area contributed by atoms with Gasteiger partial charge in [0.1, 0.15) is 0 Å². The van der Waals surface area contributed by atoms with Gasteiger partial charge in [-0.2, -0.15) is 0 Å². The summed E-state index contributed by atoms with van der Waals surface area (Å²) in [6.07, 6.45) is 3.34. The van der Waals surface area contributed by atoms with Gasteiger partial charge in [-0.1, -0.05) is 30.3 Å². The molecule has 1 atom stereocenters. The van der Waals surface area contributed by atoms with E-state index in [1.807, 2.05) is 13.0 Å². The number of hydrogen-bond acceptors (Lipinski definition) is 3. The van der Waals surface area contributed by atoms with E-state index in [2.05, 4.69) is 41.5 Å². The molecule has 0 radical (unpaired) electrons. The van der Waals surface area contributed by atoms with Gasteiger partial charge < -0.3 is 16.0 Å². The second kappa shape index (κ2) is 10.4. The minimum absolute atomic E-state index is 0.140. The highest BCUT2D eigenvalue weighted by atomic mass is 16.1. The Hall–Kier alpha value is -1.39. The summed E-state index contributed by atoms with van der Waals surface area (Å²) in [5.41, 5.74) is 6.98. The molecule has 0 heterocycles. The topological polar surface area (TPSA) is 58.4 Å². The molecule has 1 rings (SSSR count). The summed E-state index contributed by atoms with van der Waals surface area (Å²) in [6, 6.07) is 10.6. The van der Waals surface area contributed by atoms with Gasteiger partial charge in [0.05, 0.1) is 0 Å². The molecule has 0 bridgehead atoms. The predicted molar refractivity (Wildman–Crippen MR) is 87.9 cm³/mol. The Morgan fingerprint density at radius 3 is 2.67 bits per heavy atom. The molecule has 1 amide bonds. The molecule has 4 heteroatoms. The second-order valence-electron chi connectivity index (χ2n) is 5.80. The van der Waals surface area contributed by atoms with E-state index in [0.717, 1.165) is 38.9 Å². The molecule has 0 aliphatic rings. The van der Waals surface area contributed by atoms with Crippen LogP contribution in [0.15, 0.2) is 30.3 Å². The predicted octanol–water partition coefficient (Wildman–Crippen LogP) is 2.14. The molecule has 0 fully saturated rings. The Balaban J connectivity index is 2.04. The summed E-state index contributed by atoms with van der Waals surface area (Å²) in [4.78, 5) is 13.9. The Kier molecular flexibility index (Phi) is 8.71. The van der Waals surface area contributed by atoms with Crippen LogP contribution in [0.5, 0.6) is 0 Å². The van der Waals surface area contributed by atoms with Crippen LogP contribution in [0.3, 0.4) is 0 Å². The van der Waals surface area contributed by atoms with Crippen molar-refractivity contribution in [1.29, 1.82) is 0 Å². The summed E-state index contributed by atoms with van der Waals surface area (Å²) in [7, 11) is 2.11. The number of nitrogens with zero attached hydrogens (tertiary/aromatic N) is 1. The maximum Gasteiger partial charge on any atom is 0.219 e. The molecule has 21 heavy (non-hydrogen) atoms. The SMILES string of the molecule is CC(N)CCCC(=O)NCCCN(C)Cc1ccccc1. The van der Waals surface area contributed by atoms with Crippen molar-refractivity contribution >= 4 is 5.91 Å². The molecule has 0 saturated heterocycles. The van der Waals surface area contributed by atoms with E-state index < -0.39 is 0 Å². The van der Waals surface area contributed by atoms with Crippen LogP contribution < -0.4 is 11.1 Å². The molecule has 3 N–H and O–H groups in total. The van der Waals surface area contributed by atoms with Gasteiger partial charge in [-0.05, 0) is 45.3 Å². The van der Waals surface area contributed by atoms with Gasteiger partial charge in [-0.15, -0.1) is 0 Å². The average Bonchev–Trinajstić information content (AvgIpc) is 2.44. The summed E-state index contributed by atoms with van der Waals surface area (Å²) < 4.78 is 0. The molecule has 0 spiro atoms. The number of carbonyl (C=O) groups is 1. The lowest BCUT2D eigenvalue weighted by molar-refractivity contribution is -0.121. The van der Waals surface area contributed by atoms with Crippen LogP contribution in [-0.4, -0.2) is 37.0 Å². The van der Waals surface area contributed by atoms with Crippen molar-refractivity contribution in [3.63, 3.8) is 0 Å². The third kappa shape index (κ3) is 9.21. The highest BCUT2D eigenvalue weighted by Gasteiger charge is 2.03. The second-order valence-corrected chi connectivity index (χ2v) is 5.80. The number of nitrogens with one attached hydrogen (secondary N) is 1. The Labute approximate surface area is 128 Å². The molecular weight excluding hydrogens is 262 g/mol. The van der Waals surface area contributed by atoms with Gasteiger partial charge >= 0.3 is 0 Å². The van der Waals surface area contributed by atoms with Crippen molar-refractivity contribution in [2.75, 3.05) is 20.1 Å². The fourth-order valence-corrected chi connectivity index (χ4v) is 2.22. The molecule has 4 nitrogen and oxygen atoms in total. The van der Waals surface area contributed by atoms with Crippen LogP contribution in [0.4, 0.5) is 0 Å². The molecule has 1 aromatic rings. The maximum absolute atomic E-state index is 11.6. The van der Waals surface area contributed by atoms with Crippen molar-refractivity contribution in [2.24, 2.45) is 5.73 Å². The molecule has 0 saturated carbocycles. The zero-order valence-corrected chi connectivity index (χ0v) is 13.3. The quantitative estimate of drug-likeness (QED) is 0.649. The Morgan fingerprint density at radius 2 is 2.00 bits per heavy atom. The van der Waals surface area contributed by atoms with Crippen LogP contribution in [0.1, 0.15) is 38.2 Å². The first-order valence-corrected chi connectivity index (χ1v) is 7.82. The summed E-state index contributed by atoms with van der Waals surface area (Å²) in [5.74, 6) is 0.140. The fraction of sp³-hybridized carbons (Fsp3) is 0.588. The monoisotopic (exact) mass is 291 g/mol.